The summed E-state index contributed by atoms with van der Waals surface area (Å²) in [6.07, 6.45) is 2.13. The molecule has 0 fully saturated rings. The number of fused-ring (bicyclic) bond motifs is 8. The molecule has 0 saturated heterocycles. The Morgan fingerprint density at radius 3 is 0.481 bits per heavy atom. The number of ether oxygens (including phenoxy) is 16. The molecule has 8 aromatic rings. The van der Waals surface area contributed by atoms with Gasteiger partial charge in [-0.3, -0.25) is 0 Å². The van der Waals surface area contributed by atoms with E-state index in [1.807, 2.05) is 146 Å². The van der Waals surface area contributed by atoms with Gasteiger partial charge in [0.05, 0.1) is 56.9 Å². The molecule has 24 heteroatoms. The zero-order valence-corrected chi connectivity index (χ0v) is 61.6. The van der Waals surface area contributed by atoms with Crippen LogP contribution in [-0.4, -0.2) is 157 Å². The lowest BCUT2D eigenvalue weighted by Crippen LogP contribution is -2.21. The van der Waals surface area contributed by atoms with E-state index in [0.29, 0.717) is 70.2 Å². The van der Waals surface area contributed by atoms with Gasteiger partial charge in [-0.05, 0) is 97.9 Å². The second-order valence-electron chi connectivity index (χ2n) is 24.9. The van der Waals surface area contributed by atoms with Crippen molar-refractivity contribution in [3.63, 3.8) is 0 Å². The Labute approximate surface area is 626 Å². The van der Waals surface area contributed by atoms with Crippen LogP contribution in [0.15, 0.2) is 170 Å². The highest BCUT2D eigenvalue weighted by Gasteiger charge is 2.37. The zero-order chi connectivity index (χ0) is 76.9. The molecule has 0 unspecified atom stereocenters. The van der Waals surface area contributed by atoms with Crippen LogP contribution in [0, 0.1) is 0 Å². The first-order valence-electron chi connectivity index (χ1n) is 34.9. The summed E-state index contributed by atoms with van der Waals surface area (Å²) in [5, 5.41) is 0. The van der Waals surface area contributed by atoms with Gasteiger partial charge in [-0.1, -0.05) is 121 Å². The van der Waals surface area contributed by atoms with E-state index in [2.05, 4.69) is 0 Å². The molecule has 0 saturated carbocycles. The number of hydrogen-bond donors (Lipinski definition) is 0. The molecule has 9 rings (SSSR count). The van der Waals surface area contributed by atoms with E-state index in [9.17, 15) is 38.4 Å². The largest absolute Gasteiger partial charge is 0.481 e. The Bertz CT molecular complexity index is 3640. The topological polar surface area (TPSA) is 284 Å². The minimum Gasteiger partial charge on any atom is -0.481 e. The zero-order valence-electron chi connectivity index (χ0n) is 61.6. The summed E-state index contributed by atoms with van der Waals surface area (Å²) >= 11 is 0. The smallest absolute Gasteiger partial charge is 0.343 e. The van der Waals surface area contributed by atoms with E-state index in [0.717, 1.165) is 22.3 Å². The molecule has 24 nitrogen and oxygen atoms in total. The molecule has 1 aliphatic carbocycles. The molecule has 0 spiro atoms. The molecule has 568 valence electrons. The maximum Gasteiger partial charge on any atom is 0.343 e. The molecule has 0 aromatic heterocycles. The van der Waals surface area contributed by atoms with Gasteiger partial charge in [0.25, 0.3) is 0 Å². The first-order valence-corrected chi connectivity index (χ1v) is 34.9. The van der Waals surface area contributed by atoms with E-state index < -0.39 is 124 Å². The van der Waals surface area contributed by atoms with E-state index in [1.54, 1.807) is 24.3 Å². The van der Waals surface area contributed by atoms with Crippen LogP contribution in [0.3, 0.4) is 0 Å². The van der Waals surface area contributed by atoms with Crippen molar-refractivity contribution in [3.8, 4) is 46.0 Å². The van der Waals surface area contributed by atoms with Crippen LogP contribution < -0.4 is 37.9 Å². The molecule has 0 N–H and O–H groups in total. The number of rotatable bonds is 36. The van der Waals surface area contributed by atoms with Crippen molar-refractivity contribution in [1.82, 2.24) is 0 Å². The van der Waals surface area contributed by atoms with Gasteiger partial charge in [0.1, 0.15) is 46.0 Å². The number of aryl methyl sites for hydroxylation is 4. The fourth-order valence-corrected chi connectivity index (χ4v) is 12.9. The maximum atomic E-state index is 13.6. The van der Waals surface area contributed by atoms with Crippen molar-refractivity contribution in [1.29, 1.82) is 0 Å². The second kappa shape index (κ2) is 40.4. The monoisotopic (exact) mass is 1480 g/mol. The van der Waals surface area contributed by atoms with Gasteiger partial charge in [0, 0.05) is 92.4 Å². The number of benzene rings is 8. The minimum absolute atomic E-state index is 0.0539. The Morgan fingerprint density at radius 2 is 0.352 bits per heavy atom. The minimum atomic E-state index is -0.966. The van der Waals surface area contributed by atoms with E-state index >= 15 is 0 Å². The Balaban J connectivity index is 1.58. The first-order chi connectivity index (χ1) is 52.5. The maximum absolute atomic E-state index is 13.6. The summed E-state index contributed by atoms with van der Waals surface area (Å²) in [5.41, 5.74) is 6.66. The SMILES string of the molecule is COC(=O)COc1cc(OCC(=O)OC)c2cc1C(CCc1ccccc1)c1cc(c(OCC(=O)OC)cc1OCC(=O)OC)C(CCc1ccccc1)c1cc(c(OCC(=O)OC)cc1OCC(=O)OC)C(CCc1ccccc1)c1cc(c(OCC(=O)OC)cc1OCC(=O)OC)C2CCc1ccccc1. The molecule has 8 aromatic carbocycles. The molecular weight excluding hydrogens is 1390 g/mol. The van der Waals surface area contributed by atoms with Crippen LogP contribution in [0.2, 0.25) is 0 Å². The molecule has 108 heavy (non-hydrogen) atoms. The van der Waals surface area contributed by atoms with Crippen molar-refractivity contribution in [3.05, 3.63) is 237 Å². The van der Waals surface area contributed by atoms with Crippen LogP contribution in [0.5, 0.6) is 46.0 Å². The summed E-state index contributed by atoms with van der Waals surface area (Å²) in [4.78, 5) is 109. The molecule has 1 aliphatic rings. The average Bonchev–Trinajstić information content (AvgIpc) is 0.747. The van der Waals surface area contributed by atoms with Crippen molar-refractivity contribution in [2.45, 2.75) is 75.0 Å². The van der Waals surface area contributed by atoms with Crippen molar-refractivity contribution in [2.75, 3.05) is 110 Å². The molecule has 0 heterocycles. The fourth-order valence-electron chi connectivity index (χ4n) is 12.9. The summed E-state index contributed by atoms with van der Waals surface area (Å²) in [5.74, 6) is -9.56. The highest BCUT2D eigenvalue weighted by atomic mass is 16.6. The second-order valence-corrected chi connectivity index (χ2v) is 24.9. The van der Waals surface area contributed by atoms with Gasteiger partial charge in [-0.2, -0.15) is 0 Å². The summed E-state index contributed by atoms with van der Waals surface area (Å²) in [7, 11) is 9.70. The van der Waals surface area contributed by atoms with Crippen molar-refractivity contribution >= 4 is 47.8 Å². The Morgan fingerprint density at radius 1 is 0.213 bits per heavy atom. The summed E-state index contributed by atoms with van der Waals surface area (Å²) in [6, 6.07) is 52.2. The predicted molar refractivity (Wildman–Crippen MR) is 392 cm³/mol. The number of esters is 8. The van der Waals surface area contributed by atoms with Crippen LogP contribution in [-0.2, 0) is 102 Å². The van der Waals surface area contributed by atoms with Crippen molar-refractivity contribution in [2.24, 2.45) is 0 Å². The van der Waals surface area contributed by atoms with Gasteiger partial charge >= 0.3 is 47.8 Å². The highest BCUT2D eigenvalue weighted by molar-refractivity contribution is 5.76. The van der Waals surface area contributed by atoms with E-state index in [4.69, 9.17) is 75.8 Å². The highest BCUT2D eigenvalue weighted by Crippen LogP contribution is 2.54. The van der Waals surface area contributed by atoms with Crippen molar-refractivity contribution < 1.29 is 114 Å². The lowest BCUT2D eigenvalue weighted by atomic mass is 9.76. The third kappa shape index (κ3) is 22.0. The average molecular weight is 1480 g/mol. The van der Waals surface area contributed by atoms with Crippen LogP contribution >= 0.6 is 0 Å². The van der Waals surface area contributed by atoms with Crippen LogP contribution in [0.1, 0.15) is 116 Å². The van der Waals surface area contributed by atoms with E-state index in [-0.39, 0.29) is 71.7 Å². The third-order valence-corrected chi connectivity index (χ3v) is 18.4. The molecule has 0 amide bonds. The lowest BCUT2D eigenvalue weighted by molar-refractivity contribution is -0.143. The van der Waals surface area contributed by atoms with Gasteiger partial charge in [-0.25, -0.2) is 38.4 Å². The predicted octanol–water partition coefficient (Wildman–Crippen LogP) is 11.5. The molecule has 0 radical (unpaired) electrons. The molecule has 0 atom stereocenters. The Kier molecular flexibility index (Phi) is 30.0. The van der Waals surface area contributed by atoms with Crippen LogP contribution in [0.25, 0.3) is 0 Å². The van der Waals surface area contributed by atoms with Crippen LogP contribution in [0.4, 0.5) is 0 Å². The Hall–Kier alpha value is -12.1. The van der Waals surface area contributed by atoms with E-state index in [1.165, 1.54) is 56.9 Å². The summed E-state index contributed by atoms with van der Waals surface area (Å²) < 4.78 is 95.2. The van der Waals surface area contributed by atoms with Gasteiger partial charge < -0.3 is 75.8 Å². The number of carbonyl (C=O) groups is 8. The van der Waals surface area contributed by atoms with Gasteiger partial charge in [0.15, 0.2) is 52.9 Å². The lowest BCUT2D eigenvalue weighted by Gasteiger charge is -2.32. The fraction of sp³-hybridized carbons (Fsp3) is 0.333. The number of methoxy groups -OCH3 is 8. The number of carbonyl (C=O) groups excluding carboxylic acids is 8. The molecule has 8 bridgehead atoms. The first kappa shape index (κ1) is 80.0. The normalized spacial score (nSPS) is 14.1. The quantitative estimate of drug-likeness (QED) is 0.0260. The summed E-state index contributed by atoms with van der Waals surface area (Å²) in [6.45, 7) is -5.20. The molecular formula is C84H88O24. The van der Waals surface area contributed by atoms with Gasteiger partial charge in [-0.15, -0.1) is 0 Å². The standard InChI is InChI=1S/C84H88O24/c1-93-77(85)45-101-69-41-70(102-46-78(86)94-2)62-37-61(69)57(33-29-53-21-13-9-14-22-53)63-38-64(72(104-48-80(88)96-4)42-71(63)103-47-79(87)95-3)59(35-31-55-25-17-11-18-26-55)67-40-68(76(108-52-84(92)100-8)44-75(67)107-51-83(91)99-7)60(36-32-56-27-19-12-20-28-56)66-39-65(58(62)34-30-54-23-15-10-16-24-54)73(105-49-81(89)97-5)43-74(66)106-50-82(90)98-6/h9-28,37-44,57-60H,29-36,45-52H2,1-8H3. The third-order valence-electron chi connectivity index (χ3n) is 18.4. The number of hydrogen-bond acceptors (Lipinski definition) is 24. The van der Waals surface area contributed by atoms with Gasteiger partial charge in [0.2, 0.25) is 0 Å². The molecule has 0 aliphatic heterocycles.